The number of rotatable bonds is 1. The van der Waals surface area contributed by atoms with E-state index in [0.29, 0.717) is 11.3 Å². The van der Waals surface area contributed by atoms with Crippen LogP contribution in [-0.4, -0.2) is 5.16 Å². The lowest BCUT2D eigenvalue weighted by Crippen LogP contribution is -1.88. The van der Waals surface area contributed by atoms with Crippen LogP contribution in [0.25, 0.3) is 11.3 Å². The van der Waals surface area contributed by atoms with Crippen molar-refractivity contribution in [2.45, 2.75) is 13.8 Å². The van der Waals surface area contributed by atoms with E-state index in [4.69, 9.17) is 10.3 Å². The van der Waals surface area contributed by atoms with Crippen molar-refractivity contribution in [1.82, 2.24) is 5.16 Å². The summed E-state index contributed by atoms with van der Waals surface area (Å²) in [6, 6.07) is 4.71. The second-order valence-corrected chi connectivity index (χ2v) is 3.53. The van der Waals surface area contributed by atoms with Crippen LogP contribution >= 0.6 is 0 Å². The Hall–Kier alpha value is -1.84. The van der Waals surface area contributed by atoms with Gasteiger partial charge in [0, 0.05) is 6.07 Å². The van der Waals surface area contributed by atoms with Gasteiger partial charge in [-0.25, -0.2) is 4.39 Å². The number of anilines is 1. The molecule has 0 aliphatic rings. The van der Waals surface area contributed by atoms with Crippen LogP contribution < -0.4 is 5.73 Å². The maximum Gasteiger partial charge on any atom is 0.172 e. The molecule has 15 heavy (non-hydrogen) atoms. The van der Waals surface area contributed by atoms with Gasteiger partial charge in [0.05, 0.1) is 5.56 Å². The van der Waals surface area contributed by atoms with Gasteiger partial charge in [0.1, 0.15) is 5.82 Å². The number of nitrogens with two attached hydrogens (primary N) is 1. The Balaban J connectivity index is 2.58. The summed E-state index contributed by atoms with van der Waals surface area (Å²) in [6.07, 6.45) is 0. The highest BCUT2D eigenvalue weighted by molar-refractivity contribution is 5.62. The zero-order valence-electron chi connectivity index (χ0n) is 8.54. The minimum atomic E-state index is -0.325. The number of aryl methyl sites for hydroxylation is 2. The summed E-state index contributed by atoms with van der Waals surface area (Å²) < 4.78 is 18.5. The van der Waals surface area contributed by atoms with Crippen molar-refractivity contribution in [2.75, 3.05) is 5.73 Å². The number of halogens is 1. The molecule has 0 atom stereocenters. The number of nitrogens with zero attached hydrogens (tertiary/aromatic N) is 1. The zero-order valence-corrected chi connectivity index (χ0v) is 8.54. The number of aromatic nitrogens is 1. The standard InChI is InChI=1S/C11H11FN2O/c1-6-3-8(9(12)4-7(6)2)10-5-11(13)14-15-10/h3-5H,1-2H3,(H2,13,14). The Morgan fingerprint density at radius 2 is 1.87 bits per heavy atom. The number of benzene rings is 1. The summed E-state index contributed by atoms with van der Waals surface area (Å²) >= 11 is 0. The van der Waals surface area contributed by atoms with Crippen LogP contribution in [0.4, 0.5) is 10.2 Å². The highest BCUT2D eigenvalue weighted by Crippen LogP contribution is 2.26. The molecular formula is C11H11FN2O. The van der Waals surface area contributed by atoms with Crippen LogP contribution in [0.15, 0.2) is 22.7 Å². The normalized spacial score (nSPS) is 10.6. The third-order valence-electron chi connectivity index (χ3n) is 2.38. The molecule has 3 nitrogen and oxygen atoms in total. The fourth-order valence-corrected chi connectivity index (χ4v) is 1.39. The summed E-state index contributed by atoms with van der Waals surface area (Å²) in [4.78, 5) is 0. The van der Waals surface area contributed by atoms with Crippen LogP contribution in [0.1, 0.15) is 11.1 Å². The van der Waals surface area contributed by atoms with Gasteiger partial charge < -0.3 is 10.3 Å². The highest BCUT2D eigenvalue weighted by atomic mass is 19.1. The van der Waals surface area contributed by atoms with Gasteiger partial charge >= 0.3 is 0 Å². The lowest BCUT2D eigenvalue weighted by Gasteiger charge is -2.03. The Morgan fingerprint density at radius 3 is 2.47 bits per heavy atom. The second-order valence-electron chi connectivity index (χ2n) is 3.53. The first-order chi connectivity index (χ1) is 7.08. The molecule has 2 N–H and O–H groups in total. The molecular weight excluding hydrogens is 195 g/mol. The molecule has 0 aliphatic carbocycles. The van der Waals surface area contributed by atoms with Crippen molar-refractivity contribution >= 4 is 5.82 Å². The van der Waals surface area contributed by atoms with Crippen molar-refractivity contribution in [2.24, 2.45) is 0 Å². The molecule has 0 amide bonds. The van der Waals surface area contributed by atoms with E-state index < -0.39 is 0 Å². The Labute approximate surface area is 86.7 Å². The summed E-state index contributed by atoms with van der Waals surface area (Å²) in [5.41, 5.74) is 7.71. The maximum atomic E-state index is 13.6. The minimum Gasteiger partial charge on any atom is -0.381 e. The van der Waals surface area contributed by atoms with E-state index in [-0.39, 0.29) is 11.6 Å². The van der Waals surface area contributed by atoms with Gasteiger partial charge in [-0.1, -0.05) is 5.16 Å². The van der Waals surface area contributed by atoms with Gasteiger partial charge in [-0.2, -0.15) is 0 Å². The van der Waals surface area contributed by atoms with E-state index in [0.717, 1.165) is 11.1 Å². The van der Waals surface area contributed by atoms with Crippen LogP contribution in [0.3, 0.4) is 0 Å². The van der Waals surface area contributed by atoms with Crippen LogP contribution in [0, 0.1) is 19.7 Å². The van der Waals surface area contributed by atoms with Gasteiger partial charge in [0.25, 0.3) is 0 Å². The Kier molecular flexibility index (Phi) is 2.19. The lowest BCUT2D eigenvalue weighted by atomic mass is 10.0. The van der Waals surface area contributed by atoms with Gasteiger partial charge in [0.15, 0.2) is 11.6 Å². The molecule has 0 radical (unpaired) electrons. The highest BCUT2D eigenvalue weighted by Gasteiger charge is 2.11. The molecule has 1 aromatic heterocycles. The lowest BCUT2D eigenvalue weighted by molar-refractivity contribution is 0.433. The monoisotopic (exact) mass is 206 g/mol. The first-order valence-electron chi connectivity index (χ1n) is 4.57. The maximum absolute atomic E-state index is 13.6. The molecule has 0 fully saturated rings. The number of hydrogen-bond acceptors (Lipinski definition) is 3. The summed E-state index contributed by atoms with van der Waals surface area (Å²) in [7, 11) is 0. The zero-order chi connectivity index (χ0) is 11.0. The predicted molar refractivity (Wildman–Crippen MR) is 55.8 cm³/mol. The summed E-state index contributed by atoms with van der Waals surface area (Å²) in [5.74, 6) is 0.282. The van der Waals surface area contributed by atoms with E-state index in [1.54, 1.807) is 6.07 Å². The number of nitrogen functional groups attached to an aromatic ring is 1. The first kappa shape index (κ1) is 9.71. The fourth-order valence-electron chi connectivity index (χ4n) is 1.39. The van der Waals surface area contributed by atoms with Crippen LogP contribution in [0.2, 0.25) is 0 Å². The van der Waals surface area contributed by atoms with Crippen molar-refractivity contribution < 1.29 is 8.91 Å². The minimum absolute atomic E-state index is 0.252. The average molecular weight is 206 g/mol. The van der Waals surface area contributed by atoms with Crippen molar-refractivity contribution in [3.63, 3.8) is 0 Å². The molecule has 2 aromatic rings. The molecule has 0 spiro atoms. The van der Waals surface area contributed by atoms with Gasteiger partial charge in [-0.15, -0.1) is 0 Å². The third-order valence-corrected chi connectivity index (χ3v) is 2.38. The van der Waals surface area contributed by atoms with Crippen LogP contribution in [-0.2, 0) is 0 Å². The molecule has 0 aliphatic heterocycles. The molecule has 0 bridgehead atoms. The average Bonchev–Trinajstić information content (AvgIpc) is 2.58. The van der Waals surface area contributed by atoms with Gasteiger partial charge in [0.2, 0.25) is 0 Å². The smallest absolute Gasteiger partial charge is 0.172 e. The van der Waals surface area contributed by atoms with E-state index in [9.17, 15) is 4.39 Å². The topological polar surface area (TPSA) is 52.0 Å². The van der Waals surface area contributed by atoms with Gasteiger partial charge in [-0.05, 0) is 37.1 Å². The third kappa shape index (κ3) is 1.70. The number of hydrogen-bond donors (Lipinski definition) is 1. The first-order valence-corrected chi connectivity index (χ1v) is 4.57. The molecule has 4 heteroatoms. The predicted octanol–water partition coefficient (Wildman–Crippen LogP) is 2.68. The summed E-state index contributed by atoms with van der Waals surface area (Å²) in [5, 5.41) is 3.52. The van der Waals surface area contributed by atoms with E-state index in [1.807, 2.05) is 13.8 Å². The van der Waals surface area contributed by atoms with Crippen LogP contribution in [0.5, 0.6) is 0 Å². The quantitative estimate of drug-likeness (QED) is 0.780. The summed E-state index contributed by atoms with van der Waals surface area (Å²) in [6.45, 7) is 3.77. The second kappa shape index (κ2) is 3.38. The molecule has 0 saturated heterocycles. The molecule has 1 heterocycles. The SMILES string of the molecule is Cc1cc(F)c(-c2cc(N)no2)cc1C. The fraction of sp³-hybridized carbons (Fsp3) is 0.182. The molecule has 2 rings (SSSR count). The van der Waals surface area contributed by atoms with E-state index >= 15 is 0 Å². The molecule has 78 valence electrons. The van der Waals surface area contributed by atoms with Gasteiger partial charge in [-0.3, -0.25) is 0 Å². The van der Waals surface area contributed by atoms with Crippen molar-refractivity contribution in [1.29, 1.82) is 0 Å². The largest absolute Gasteiger partial charge is 0.381 e. The van der Waals surface area contributed by atoms with Crippen molar-refractivity contribution in [3.8, 4) is 11.3 Å². The Bertz CT molecular complexity index is 505. The van der Waals surface area contributed by atoms with Crippen molar-refractivity contribution in [3.05, 3.63) is 35.1 Å². The Morgan fingerprint density at radius 1 is 1.20 bits per heavy atom. The molecule has 0 saturated carbocycles. The van der Waals surface area contributed by atoms with E-state index in [2.05, 4.69) is 5.16 Å². The molecule has 0 unspecified atom stereocenters. The van der Waals surface area contributed by atoms with E-state index in [1.165, 1.54) is 12.1 Å². The molecule has 1 aromatic carbocycles.